The van der Waals surface area contributed by atoms with Crippen LogP contribution in [0, 0.1) is 12.8 Å². The van der Waals surface area contributed by atoms with Crippen molar-refractivity contribution in [3.63, 3.8) is 0 Å². The Labute approximate surface area is 244 Å². The maximum Gasteiger partial charge on any atom is 0.254 e. The van der Waals surface area contributed by atoms with Crippen molar-refractivity contribution >= 4 is 46.0 Å². The summed E-state index contributed by atoms with van der Waals surface area (Å²) in [6.45, 7) is 8.12. The first kappa shape index (κ1) is 28.7. The Hall–Kier alpha value is -2.30. The minimum atomic E-state index is -0.402. The molecule has 4 rings (SSSR count). The van der Waals surface area contributed by atoms with E-state index in [1.807, 2.05) is 35.5 Å². The van der Waals surface area contributed by atoms with Crippen LogP contribution in [0.1, 0.15) is 49.9 Å². The molecule has 2 amide bonds. The number of hydrogen-bond donors (Lipinski definition) is 1. The number of likely N-dealkylation sites (tertiary alicyclic amines) is 1. The topological polar surface area (TPSA) is 65.5 Å². The molecule has 0 aliphatic carbocycles. The third-order valence-electron chi connectivity index (χ3n) is 7.44. The molecular formula is C30H37IN4O2S. The molecule has 2 heterocycles. The Morgan fingerprint density at radius 3 is 2.55 bits per heavy atom. The van der Waals surface area contributed by atoms with Gasteiger partial charge in [0.05, 0.1) is 51.5 Å². The molecular weight excluding hydrogens is 607 g/mol. The molecule has 8 heteroatoms. The number of benzene rings is 2. The molecule has 1 aliphatic heterocycles. The standard InChI is InChI=1S/C30H37IN4O2S/c1-4-21(2)27(32-17-16-23-9-6-5-7-10-23)30(37)34-18-8-11-26(34)29(36)35(31)19-24-12-14-25(15-13-24)28-22(3)33-20-38-28/h5-7,9-10,12-15,20-21,26-27,32H,4,8,11,16-19H2,1-3H3/t21-,26-,27-/m0/s1. The van der Waals surface area contributed by atoms with E-state index < -0.39 is 6.04 Å². The van der Waals surface area contributed by atoms with Crippen LogP contribution in [-0.2, 0) is 22.6 Å². The second-order valence-electron chi connectivity index (χ2n) is 10.1. The lowest BCUT2D eigenvalue weighted by molar-refractivity contribution is -0.142. The zero-order valence-corrected chi connectivity index (χ0v) is 25.4. The van der Waals surface area contributed by atoms with Gasteiger partial charge in [-0.25, -0.2) is 4.98 Å². The Kier molecular flexibility index (Phi) is 10.3. The number of carbonyl (C=O) groups is 2. The molecule has 202 valence electrons. The van der Waals surface area contributed by atoms with Gasteiger partial charge in [-0.2, -0.15) is 0 Å². The highest BCUT2D eigenvalue weighted by Gasteiger charge is 2.39. The average molecular weight is 645 g/mol. The Morgan fingerprint density at radius 2 is 1.89 bits per heavy atom. The van der Waals surface area contributed by atoms with Gasteiger partial charge in [-0.05, 0) is 55.3 Å². The Balaban J connectivity index is 1.38. The predicted octanol–water partition coefficient (Wildman–Crippen LogP) is 6.04. The zero-order valence-electron chi connectivity index (χ0n) is 22.4. The van der Waals surface area contributed by atoms with Crippen LogP contribution in [0.15, 0.2) is 60.1 Å². The molecule has 0 bridgehead atoms. The SMILES string of the molecule is CC[C@H](C)[C@H](NCCc1ccccc1)C(=O)N1CCC[C@H]1C(=O)N(I)Cc1ccc(-c2scnc2C)cc1. The van der Waals surface area contributed by atoms with E-state index in [2.05, 4.69) is 83.4 Å². The Morgan fingerprint density at radius 1 is 1.16 bits per heavy atom. The second-order valence-corrected chi connectivity index (χ2v) is 12.1. The maximum atomic E-state index is 13.7. The quantitative estimate of drug-likeness (QED) is 0.205. The van der Waals surface area contributed by atoms with E-state index in [4.69, 9.17) is 0 Å². The summed E-state index contributed by atoms with van der Waals surface area (Å²) < 4.78 is 1.74. The number of hydrogen-bond acceptors (Lipinski definition) is 5. The number of rotatable bonds is 11. The van der Waals surface area contributed by atoms with Crippen molar-refractivity contribution in [2.75, 3.05) is 13.1 Å². The summed E-state index contributed by atoms with van der Waals surface area (Å²) in [6, 6.07) is 18.0. The minimum absolute atomic E-state index is 0.00557. The fourth-order valence-corrected chi connectivity index (χ4v) is 6.52. The van der Waals surface area contributed by atoms with Crippen molar-refractivity contribution in [2.45, 2.75) is 65.1 Å². The van der Waals surface area contributed by atoms with E-state index >= 15 is 0 Å². The van der Waals surface area contributed by atoms with E-state index in [1.54, 1.807) is 14.5 Å². The molecule has 3 aromatic rings. The van der Waals surface area contributed by atoms with Gasteiger partial charge in [0.25, 0.3) is 5.91 Å². The monoisotopic (exact) mass is 644 g/mol. The fraction of sp³-hybridized carbons (Fsp3) is 0.433. The first-order valence-electron chi connectivity index (χ1n) is 13.4. The number of halogens is 1. The van der Waals surface area contributed by atoms with E-state index in [0.29, 0.717) is 19.5 Å². The summed E-state index contributed by atoms with van der Waals surface area (Å²) in [5.41, 5.74) is 6.35. The van der Waals surface area contributed by atoms with Crippen LogP contribution < -0.4 is 5.32 Å². The van der Waals surface area contributed by atoms with Gasteiger partial charge < -0.3 is 10.2 Å². The highest BCUT2D eigenvalue weighted by Crippen LogP contribution is 2.28. The van der Waals surface area contributed by atoms with Gasteiger partial charge in [-0.3, -0.25) is 12.7 Å². The number of nitrogens with one attached hydrogen (secondary N) is 1. The maximum absolute atomic E-state index is 13.7. The molecule has 1 aromatic heterocycles. The molecule has 1 saturated heterocycles. The Bertz CT molecular complexity index is 1200. The van der Waals surface area contributed by atoms with Crippen LogP contribution in [-0.4, -0.2) is 50.0 Å². The largest absolute Gasteiger partial charge is 0.329 e. The predicted molar refractivity (Wildman–Crippen MR) is 163 cm³/mol. The van der Waals surface area contributed by atoms with Crippen molar-refractivity contribution in [3.8, 4) is 10.4 Å². The van der Waals surface area contributed by atoms with E-state index in [0.717, 1.165) is 42.6 Å². The molecule has 2 aromatic carbocycles. The molecule has 3 atom stereocenters. The summed E-state index contributed by atoms with van der Waals surface area (Å²) in [4.78, 5) is 34.6. The van der Waals surface area contributed by atoms with Crippen molar-refractivity contribution in [2.24, 2.45) is 5.92 Å². The van der Waals surface area contributed by atoms with Gasteiger partial charge in [0.1, 0.15) is 6.04 Å². The van der Waals surface area contributed by atoms with E-state index in [1.165, 1.54) is 10.4 Å². The number of aromatic nitrogens is 1. The number of aryl methyl sites for hydroxylation is 1. The molecule has 0 unspecified atom stereocenters. The second kappa shape index (κ2) is 13.7. The molecule has 1 aliphatic rings. The normalized spacial score (nSPS) is 16.8. The van der Waals surface area contributed by atoms with Gasteiger partial charge in [0, 0.05) is 6.54 Å². The lowest BCUT2D eigenvalue weighted by Crippen LogP contribution is -2.54. The average Bonchev–Trinajstić information content (AvgIpc) is 3.60. The van der Waals surface area contributed by atoms with E-state index in [-0.39, 0.29) is 23.8 Å². The number of nitrogens with zero attached hydrogens (tertiary/aromatic N) is 3. The van der Waals surface area contributed by atoms with Gasteiger partial charge in [0.2, 0.25) is 5.91 Å². The van der Waals surface area contributed by atoms with Crippen molar-refractivity contribution < 1.29 is 9.59 Å². The third-order valence-corrected chi connectivity index (χ3v) is 9.24. The lowest BCUT2D eigenvalue weighted by Gasteiger charge is -2.32. The zero-order chi connectivity index (χ0) is 27.1. The molecule has 6 nitrogen and oxygen atoms in total. The van der Waals surface area contributed by atoms with Crippen LogP contribution in [0.4, 0.5) is 0 Å². The van der Waals surface area contributed by atoms with Crippen LogP contribution in [0.2, 0.25) is 0 Å². The number of carbonyl (C=O) groups excluding carboxylic acids is 2. The highest BCUT2D eigenvalue weighted by molar-refractivity contribution is 14.1. The van der Waals surface area contributed by atoms with Crippen LogP contribution in [0.3, 0.4) is 0 Å². The van der Waals surface area contributed by atoms with Crippen molar-refractivity contribution in [1.29, 1.82) is 0 Å². The van der Waals surface area contributed by atoms with Gasteiger partial charge in [0.15, 0.2) is 0 Å². The molecule has 1 N–H and O–H groups in total. The van der Waals surface area contributed by atoms with Crippen molar-refractivity contribution in [1.82, 2.24) is 18.3 Å². The summed E-state index contributed by atoms with van der Waals surface area (Å²) in [6.07, 6.45) is 3.33. The highest BCUT2D eigenvalue weighted by atomic mass is 127. The van der Waals surface area contributed by atoms with Crippen LogP contribution in [0.5, 0.6) is 0 Å². The van der Waals surface area contributed by atoms with Crippen molar-refractivity contribution in [3.05, 3.63) is 76.9 Å². The van der Waals surface area contributed by atoms with Crippen LogP contribution >= 0.6 is 34.2 Å². The number of thiazole rings is 1. The van der Waals surface area contributed by atoms with Gasteiger partial charge in [-0.1, -0.05) is 74.9 Å². The minimum Gasteiger partial charge on any atom is -0.329 e. The summed E-state index contributed by atoms with van der Waals surface area (Å²) in [5, 5.41) is 3.52. The smallest absolute Gasteiger partial charge is 0.254 e. The molecule has 1 fully saturated rings. The molecule has 0 spiro atoms. The molecule has 38 heavy (non-hydrogen) atoms. The third kappa shape index (κ3) is 7.01. The number of amides is 2. The summed E-state index contributed by atoms with van der Waals surface area (Å²) in [5.74, 6) is 0.245. The summed E-state index contributed by atoms with van der Waals surface area (Å²) in [7, 11) is 0. The van der Waals surface area contributed by atoms with Gasteiger partial charge in [-0.15, -0.1) is 11.3 Å². The summed E-state index contributed by atoms with van der Waals surface area (Å²) >= 11 is 3.74. The fourth-order valence-electron chi connectivity index (χ4n) is 4.99. The lowest BCUT2D eigenvalue weighted by atomic mass is 9.97. The van der Waals surface area contributed by atoms with E-state index in [9.17, 15) is 9.59 Å². The van der Waals surface area contributed by atoms with Crippen LogP contribution in [0.25, 0.3) is 10.4 Å². The first-order valence-corrected chi connectivity index (χ1v) is 15.3. The molecule has 0 saturated carbocycles. The molecule has 0 radical (unpaired) electrons. The first-order chi connectivity index (χ1) is 18.4. The van der Waals surface area contributed by atoms with Gasteiger partial charge >= 0.3 is 0 Å².